The largest absolute Gasteiger partial charge is 3.00 e. The van der Waals surface area contributed by atoms with E-state index in [-0.39, 0.29) is 32.9 Å². The molecule has 0 spiro atoms. The molecule has 0 bridgehead atoms. The van der Waals surface area contributed by atoms with E-state index in [0.29, 0.717) is 5.66 Å². The molecule has 0 saturated heterocycles. The molecule has 1 fully saturated rings. The molecule has 5 radical (unpaired) electrons. The summed E-state index contributed by atoms with van der Waals surface area (Å²) in [6, 6.07) is 44.3. The summed E-state index contributed by atoms with van der Waals surface area (Å²) < 4.78 is 119. The van der Waals surface area contributed by atoms with Crippen LogP contribution in [0.4, 0.5) is 33.8 Å². The summed E-state index contributed by atoms with van der Waals surface area (Å²) in [6.45, 7) is 13.4. The zero-order chi connectivity index (χ0) is 40.6. The number of benzene rings is 4. The van der Waals surface area contributed by atoms with Crippen LogP contribution in [-0.2, 0) is 19.5 Å². The average Bonchev–Trinajstić information content (AvgIpc) is 3.20. The zero-order valence-electron chi connectivity index (χ0n) is 30.5. The number of hydrogen-bond acceptors (Lipinski definition) is 0. The molecule has 55 heavy (non-hydrogen) atoms. The summed E-state index contributed by atoms with van der Waals surface area (Å²) in [4.78, 5) is 0. The van der Waals surface area contributed by atoms with Crippen LogP contribution in [0.1, 0.15) is 41.5 Å². The van der Waals surface area contributed by atoms with E-state index in [1.165, 1.54) is 57.0 Å². The van der Waals surface area contributed by atoms with Crippen molar-refractivity contribution in [1.82, 2.24) is 0 Å². The smallest absolute Gasteiger partial charge is 3.00 e. The summed E-state index contributed by atoms with van der Waals surface area (Å²) in [5.41, 5.74) is 0.585. The first kappa shape index (κ1) is 54.1. The predicted octanol–water partition coefficient (Wildman–Crippen LogP) is 12.1. The summed E-state index contributed by atoms with van der Waals surface area (Å²) in [6.07, 6.45) is 1.19. The van der Waals surface area contributed by atoms with E-state index in [2.05, 4.69) is 163 Å². The van der Waals surface area contributed by atoms with Gasteiger partial charge in [0.15, 0.2) is 0 Å². The Kier molecular flexibility index (Phi) is 19.1. The van der Waals surface area contributed by atoms with Crippen molar-refractivity contribution in [1.29, 1.82) is 0 Å². The van der Waals surface area contributed by atoms with E-state index in [4.69, 9.17) is 0 Å². The van der Waals surface area contributed by atoms with Crippen molar-refractivity contribution in [3.05, 3.63) is 151 Å². The second-order valence-corrected chi connectivity index (χ2v) is 28.1. The Morgan fingerprint density at radius 2 is 0.582 bits per heavy atom. The minimum atomic E-state index is -11.2. The SMILES string of the molecule is C[C@H](CP(c1ccccc1)c1ccccc1)P(c1ccccc1)c1ccccc1.C[C]1[C](C)[C](C)[C](C)[C]1C.O.[F][Sb-]([F])([F])([F])([F])[F].[F][Sb-]([F])([F])([F])([F])[F].[Rh+3]. The molecule has 5 rings (SSSR count). The normalized spacial score (nSPS) is 17.5. The molecule has 4 aromatic carbocycles. The molecule has 309 valence electrons. The van der Waals surface area contributed by atoms with Gasteiger partial charge in [-0.15, -0.1) is 0 Å². The third-order valence-electron chi connectivity index (χ3n) is 7.90. The molecule has 1 nitrogen and oxygen atoms in total. The number of halogens is 12. The van der Waals surface area contributed by atoms with E-state index >= 15 is 0 Å². The van der Waals surface area contributed by atoms with Gasteiger partial charge < -0.3 is 5.48 Å². The van der Waals surface area contributed by atoms with Crippen molar-refractivity contribution < 1.29 is 58.7 Å². The molecule has 0 amide bonds. The molecule has 1 aliphatic carbocycles. The topological polar surface area (TPSA) is 31.5 Å². The van der Waals surface area contributed by atoms with Gasteiger partial charge >= 0.3 is 92.2 Å². The van der Waals surface area contributed by atoms with Crippen LogP contribution in [0.25, 0.3) is 0 Å². The molecule has 1 saturated carbocycles. The molecule has 4 aromatic rings. The summed E-state index contributed by atoms with van der Waals surface area (Å²) in [5.74, 6) is 7.34. The molecule has 0 heterocycles. The van der Waals surface area contributed by atoms with Crippen LogP contribution in [0, 0.1) is 29.6 Å². The summed E-state index contributed by atoms with van der Waals surface area (Å²) in [5, 5.41) is 5.88. The molecule has 0 unspecified atom stereocenters. The van der Waals surface area contributed by atoms with Crippen molar-refractivity contribution in [2.45, 2.75) is 47.2 Å². The van der Waals surface area contributed by atoms with Gasteiger partial charge in [0.2, 0.25) is 0 Å². The van der Waals surface area contributed by atoms with Crippen molar-refractivity contribution in [2.75, 3.05) is 6.16 Å². The Balaban J connectivity index is 0.000000920. The van der Waals surface area contributed by atoms with E-state index < -0.39 is 46.9 Å². The first-order valence-corrected chi connectivity index (χ1v) is 30.4. The fourth-order valence-corrected chi connectivity index (χ4v) is 10.9. The fraction of sp³-hybridized carbons (Fsp3) is 0.216. The number of hydrogen-bond donors (Lipinski definition) is 0. The van der Waals surface area contributed by atoms with Crippen LogP contribution in [0.5, 0.6) is 0 Å². The fourth-order valence-electron chi connectivity index (χ4n) is 5.16. The van der Waals surface area contributed by atoms with Gasteiger partial charge in [-0.3, -0.25) is 0 Å². The van der Waals surface area contributed by atoms with Crippen LogP contribution >= 0.6 is 15.8 Å². The van der Waals surface area contributed by atoms with Crippen LogP contribution in [0.15, 0.2) is 121 Å². The van der Waals surface area contributed by atoms with E-state index in [9.17, 15) is 33.8 Å². The monoisotopic (exact) mass is 1140 g/mol. The van der Waals surface area contributed by atoms with Crippen LogP contribution in [0.3, 0.4) is 0 Å². The van der Waals surface area contributed by atoms with Crippen LogP contribution in [-0.4, -0.2) is 56.2 Å². The van der Waals surface area contributed by atoms with Gasteiger partial charge in [0.25, 0.3) is 0 Å². The van der Waals surface area contributed by atoms with E-state index in [1.807, 2.05) is 0 Å². The van der Waals surface area contributed by atoms with Crippen molar-refractivity contribution in [2.24, 2.45) is 0 Å². The van der Waals surface area contributed by atoms with Gasteiger partial charge in [0.05, 0.1) is 0 Å². The van der Waals surface area contributed by atoms with Gasteiger partial charge in [-0.25, -0.2) is 0 Å². The molecule has 0 aromatic heterocycles. The summed E-state index contributed by atoms with van der Waals surface area (Å²) >= 11 is -22.5. The standard InChI is InChI=1S/C27H26P2.C10H15.12FH.H2O.Rh.2Sb/c1-23(29(26-18-10-4-11-19-26)27-20-12-5-13-21-27)22-28(24-14-6-2-7-15-24)25-16-8-3-9-17-25;1-6-7(2)9(4)10(5)8(6)3;;;;;;;;;;;;;;;;/h2-21,23H,22H2,1H3;1-5H3;12*1H;1H2;;;/q;;;;;;;;;;;;;;;+3;2*+5/p-12/t23-;;;;;;;;;;;;;;;;;/m1................./s1. The Hall–Kier alpha value is -0.880. The minimum absolute atomic E-state index is 0. The summed E-state index contributed by atoms with van der Waals surface area (Å²) in [7, 11) is -0.796. The Bertz CT molecular complexity index is 1520. The van der Waals surface area contributed by atoms with Crippen molar-refractivity contribution >= 4 is 76.0 Å². The second-order valence-electron chi connectivity index (χ2n) is 12.2. The maximum absolute atomic E-state index is 11.2. The first-order valence-electron chi connectivity index (χ1n) is 15.9. The molecule has 2 N–H and O–H groups in total. The van der Waals surface area contributed by atoms with Gasteiger partial charge in [-0.1, -0.05) is 163 Å². The van der Waals surface area contributed by atoms with Crippen LogP contribution < -0.4 is 21.2 Å². The maximum Gasteiger partial charge on any atom is 3.00 e. The van der Waals surface area contributed by atoms with E-state index in [1.54, 1.807) is 0 Å². The van der Waals surface area contributed by atoms with Gasteiger partial charge in [0, 0.05) is 0 Å². The predicted molar refractivity (Wildman–Crippen MR) is 205 cm³/mol. The molecule has 1 atom stereocenters. The third-order valence-corrected chi connectivity index (χ3v) is 13.7. The average molecular weight is 1140 g/mol. The maximum atomic E-state index is 9.93. The molecule has 1 aliphatic rings. The van der Waals surface area contributed by atoms with Gasteiger partial charge in [-0.05, 0) is 78.5 Å². The quantitative estimate of drug-likeness (QED) is 0.100. The Morgan fingerprint density at radius 1 is 0.400 bits per heavy atom. The Morgan fingerprint density at radius 3 is 0.782 bits per heavy atom. The molecule has 0 aliphatic heterocycles. The zero-order valence-corrected chi connectivity index (χ0v) is 39.0. The molecule has 18 heteroatoms. The second kappa shape index (κ2) is 19.5. The third kappa shape index (κ3) is 24.6. The molecular weight excluding hydrogens is 1100 g/mol. The van der Waals surface area contributed by atoms with Crippen molar-refractivity contribution in [3.63, 3.8) is 0 Å². The van der Waals surface area contributed by atoms with Crippen molar-refractivity contribution in [3.8, 4) is 0 Å². The molecular formula is C37H43F12OP2RhSb2+. The van der Waals surface area contributed by atoms with Gasteiger partial charge in [0.1, 0.15) is 0 Å². The Labute approximate surface area is 336 Å². The minimum Gasteiger partial charge on any atom is 3.00 e. The van der Waals surface area contributed by atoms with Crippen LogP contribution in [0.2, 0.25) is 0 Å². The van der Waals surface area contributed by atoms with Gasteiger partial charge in [-0.2, -0.15) is 0 Å². The first-order chi connectivity index (χ1) is 23.8. The van der Waals surface area contributed by atoms with E-state index in [0.717, 1.165) is 0 Å². The number of rotatable bonds is 7.